The molecule has 0 aromatic carbocycles. The summed E-state index contributed by atoms with van der Waals surface area (Å²) in [5, 5.41) is 13.0. The van der Waals surface area contributed by atoms with E-state index in [2.05, 4.69) is 22.2 Å². The molecular weight excluding hydrogens is 296 g/mol. The molecule has 1 fully saturated rings. The number of hydrogen-bond donors (Lipinski definition) is 2. The highest BCUT2D eigenvalue weighted by molar-refractivity contribution is 5.77. The van der Waals surface area contributed by atoms with Gasteiger partial charge in [0.1, 0.15) is 5.76 Å². The van der Waals surface area contributed by atoms with Crippen LogP contribution >= 0.6 is 0 Å². The fourth-order valence-electron chi connectivity index (χ4n) is 2.71. The normalized spacial score (nSPS) is 18.3. The summed E-state index contributed by atoms with van der Waals surface area (Å²) in [5.41, 5.74) is 0. The lowest BCUT2D eigenvalue weighted by Gasteiger charge is -2.34. The molecule has 2 N–H and O–H groups in total. The van der Waals surface area contributed by atoms with Crippen molar-refractivity contribution in [3.8, 4) is 0 Å². The van der Waals surface area contributed by atoms with Crippen molar-refractivity contribution in [3.63, 3.8) is 0 Å². The summed E-state index contributed by atoms with van der Waals surface area (Å²) in [6.07, 6.45) is 1.14. The smallest absolute Gasteiger partial charge is 0.234 e. The van der Waals surface area contributed by atoms with Gasteiger partial charge in [0, 0.05) is 39.3 Å². The molecule has 7 heteroatoms. The van der Waals surface area contributed by atoms with E-state index in [9.17, 15) is 9.90 Å². The third-order valence-electron chi connectivity index (χ3n) is 4.04. The van der Waals surface area contributed by atoms with Crippen LogP contribution in [0.4, 0.5) is 0 Å². The van der Waals surface area contributed by atoms with Crippen LogP contribution in [-0.2, 0) is 11.3 Å². The molecule has 2 rings (SSSR count). The van der Waals surface area contributed by atoms with Crippen LogP contribution in [0.5, 0.6) is 0 Å². The molecular formula is C16H28N4O3. The third-order valence-corrected chi connectivity index (χ3v) is 4.04. The number of β-amino-alcohol motifs (C(OH)–C–C–N with tert-alkyl or cyclic N) is 1. The third kappa shape index (κ3) is 6.70. The number of piperazine rings is 1. The zero-order valence-electron chi connectivity index (χ0n) is 14.1. The maximum absolute atomic E-state index is 11.9. The van der Waals surface area contributed by atoms with Gasteiger partial charge in [0.25, 0.3) is 0 Å². The summed E-state index contributed by atoms with van der Waals surface area (Å²) in [4.78, 5) is 18.3. The van der Waals surface area contributed by atoms with Gasteiger partial charge in [-0.05, 0) is 26.2 Å². The van der Waals surface area contributed by atoms with Gasteiger partial charge >= 0.3 is 0 Å². The van der Waals surface area contributed by atoms with Gasteiger partial charge in [-0.25, -0.2) is 0 Å². The molecule has 2 heterocycles. The topological polar surface area (TPSA) is 72.2 Å². The predicted molar refractivity (Wildman–Crippen MR) is 88.0 cm³/mol. The number of likely N-dealkylation sites (N-methyl/N-ethyl adjacent to an activating group) is 2. The Balaban J connectivity index is 1.61. The van der Waals surface area contributed by atoms with E-state index >= 15 is 0 Å². The van der Waals surface area contributed by atoms with Gasteiger partial charge in [0.05, 0.1) is 25.5 Å². The highest BCUT2D eigenvalue weighted by Crippen LogP contribution is 2.02. The van der Waals surface area contributed by atoms with E-state index in [4.69, 9.17) is 4.42 Å². The van der Waals surface area contributed by atoms with Crippen LogP contribution in [0.1, 0.15) is 5.76 Å². The standard InChI is InChI=1S/C16H28N4O3/c1-18-5-7-20(8-6-18)12-14(21)11-19(2)13-16(22)17-10-15-4-3-9-23-15/h3-4,9,14,21H,5-8,10-13H2,1-2H3,(H,17,22). The van der Waals surface area contributed by atoms with Gasteiger partial charge < -0.3 is 19.7 Å². The summed E-state index contributed by atoms with van der Waals surface area (Å²) < 4.78 is 5.17. The first kappa shape index (κ1) is 17.9. The first-order valence-electron chi connectivity index (χ1n) is 8.09. The summed E-state index contributed by atoms with van der Waals surface area (Å²) in [6, 6.07) is 3.62. The van der Waals surface area contributed by atoms with Gasteiger partial charge in [-0.3, -0.25) is 14.6 Å². The fourth-order valence-corrected chi connectivity index (χ4v) is 2.71. The van der Waals surface area contributed by atoms with Crippen LogP contribution < -0.4 is 5.32 Å². The summed E-state index contributed by atoms with van der Waals surface area (Å²) in [7, 11) is 3.96. The van der Waals surface area contributed by atoms with E-state index in [1.54, 1.807) is 12.3 Å². The average Bonchev–Trinajstić information content (AvgIpc) is 3.00. The van der Waals surface area contributed by atoms with E-state index in [-0.39, 0.29) is 12.5 Å². The van der Waals surface area contributed by atoms with Crippen molar-refractivity contribution in [2.24, 2.45) is 0 Å². The number of nitrogens with one attached hydrogen (secondary N) is 1. The maximum Gasteiger partial charge on any atom is 0.234 e. The molecule has 0 spiro atoms. The Bertz CT molecular complexity index is 458. The van der Waals surface area contributed by atoms with Gasteiger partial charge in [0.2, 0.25) is 5.91 Å². The molecule has 1 aliphatic heterocycles. The summed E-state index contributed by atoms with van der Waals surface area (Å²) >= 11 is 0. The van der Waals surface area contributed by atoms with Crippen molar-refractivity contribution in [1.82, 2.24) is 20.0 Å². The van der Waals surface area contributed by atoms with E-state index < -0.39 is 6.10 Å². The molecule has 0 saturated carbocycles. The fraction of sp³-hybridized carbons (Fsp3) is 0.688. The predicted octanol–water partition coefficient (Wildman–Crippen LogP) is -0.564. The molecule has 1 aliphatic rings. The second-order valence-electron chi connectivity index (χ2n) is 6.31. The average molecular weight is 324 g/mol. The first-order valence-corrected chi connectivity index (χ1v) is 8.09. The minimum atomic E-state index is -0.443. The summed E-state index contributed by atoms with van der Waals surface area (Å²) in [5.74, 6) is 0.659. The van der Waals surface area contributed by atoms with Crippen molar-refractivity contribution in [1.29, 1.82) is 0 Å². The Hall–Kier alpha value is -1.41. The molecule has 1 unspecified atom stereocenters. The van der Waals surface area contributed by atoms with Crippen molar-refractivity contribution >= 4 is 5.91 Å². The lowest BCUT2D eigenvalue weighted by Crippen LogP contribution is -2.49. The van der Waals surface area contributed by atoms with E-state index in [0.29, 0.717) is 19.6 Å². The second-order valence-corrected chi connectivity index (χ2v) is 6.31. The van der Waals surface area contributed by atoms with Gasteiger partial charge in [-0.2, -0.15) is 0 Å². The molecule has 1 aromatic rings. The lowest BCUT2D eigenvalue weighted by molar-refractivity contribution is -0.122. The Kier molecular flexibility index (Phi) is 7.04. The Morgan fingerprint density at radius 2 is 2.17 bits per heavy atom. The molecule has 23 heavy (non-hydrogen) atoms. The minimum Gasteiger partial charge on any atom is -0.467 e. The number of carbonyl (C=O) groups excluding carboxylic acids is 1. The largest absolute Gasteiger partial charge is 0.467 e. The van der Waals surface area contributed by atoms with E-state index in [1.165, 1.54) is 0 Å². The van der Waals surface area contributed by atoms with Gasteiger partial charge in [0.15, 0.2) is 0 Å². The zero-order valence-corrected chi connectivity index (χ0v) is 14.1. The molecule has 0 aliphatic carbocycles. The second kappa shape index (κ2) is 9.02. The van der Waals surface area contributed by atoms with Gasteiger partial charge in [-0.1, -0.05) is 0 Å². The Morgan fingerprint density at radius 1 is 1.43 bits per heavy atom. The Labute approximate surface area is 137 Å². The van der Waals surface area contributed by atoms with Crippen molar-refractivity contribution < 1.29 is 14.3 Å². The molecule has 1 saturated heterocycles. The monoisotopic (exact) mass is 324 g/mol. The van der Waals surface area contributed by atoms with E-state index in [0.717, 1.165) is 31.9 Å². The Morgan fingerprint density at radius 3 is 2.83 bits per heavy atom. The highest BCUT2D eigenvalue weighted by Gasteiger charge is 2.18. The number of carbonyl (C=O) groups is 1. The van der Waals surface area contributed by atoms with E-state index in [1.807, 2.05) is 18.0 Å². The van der Waals surface area contributed by atoms with Crippen molar-refractivity contribution in [3.05, 3.63) is 24.2 Å². The van der Waals surface area contributed by atoms with Crippen LogP contribution in [0.25, 0.3) is 0 Å². The van der Waals surface area contributed by atoms with Crippen LogP contribution in [0.3, 0.4) is 0 Å². The molecule has 0 bridgehead atoms. The van der Waals surface area contributed by atoms with Crippen LogP contribution in [0.15, 0.2) is 22.8 Å². The van der Waals surface area contributed by atoms with Crippen LogP contribution in [-0.4, -0.2) is 91.7 Å². The highest BCUT2D eigenvalue weighted by atomic mass is 16.3. The summed E-state index contributed by atoms with van der Waals surface area (Å²) in [6.45, 7) is 5.86. The number of aliphatic hydroxyl groups is 1. The number of furan rings is 1. The number of rotatable bonds is 8. The molecule has 1 amide bonds. The van der Waals surface area contributed by atoms with Crippen molar-refractivity contribution in [2.75, 3.05) is 59.9 Å². The molecule has 130 valence electrons. The lowest BCUT2D eigenvalue weighted by atomic mass is 10.2. The van der Waals surface area contributed by atoms with Crippen LogP contribution in [0, 0.1) is 0 Å². The first-order chi connectivity index (χ1) is 11.0. The van der Waals surface area contributed by atoms with Crippen molar-refractivity contribution in [2.45, 2.75) is 12.6 Å². The minimum absolute atomic E-state index is 0.0734. The maximum atomic E-state index is 11.9. The number of aliphatic hydroxyl groups excluding tert-OH is 1. The zero-order chi connectivity index (χ0) is 16.7. The van der Waals surface area contributed by atoms with Gasteiger partial charge in [-0.15, -0.1) is 0 Å². The quantitative estimate of drug-likeness (QED) is 0.668. The number of nitrogens with zero attached hydrogens (tertiary/aromatic N) is 3. The molecule has 1 aromatic heterocycles. The molecule has 0 radical (unpaired) electrons. The number of amides is 1. The molecule has 1 atom stereocenters. The number of hydrogen-bond acceptors (Lipinski definition) is 6. The van der Waals surface area contributed by atoms with Crippen LogP contribution in [0.2, 0.25) is 0 Å². The molecule has 7 nitrogen and oxygen atoms in total. The SMILES string of the molecule is CN1CCN(CC(O)CN(C)CC(=O)NCc2ccco2)CC1.